The van der Waals surface area contributed by atoms with Gasteiger partial charge in [-0.2, -0.15) is 5.10 Å². The molecule has 0 saturated heterocycles. The van der Waals surface area contributed by atoms with Crippen molar-refractivity contribution in [1.29, 1.82) is 0 Å². The van der Waals surface area contributed by atoms with Crippen LogP contribution in [0.1, 0.15) is 5.56 Å². The van der Waals surface area contributed by atoms with Crippen LogP contribution >= 0.6 is 37.2 Å². The Kier molecular flexibility index (Phi) is 8.57. The van der Waals surface area contributed by atoms with E-state index < -0.39 is 0 Å². The number of pyridine rings is 1. The molecule has 0 aliphatic heterocycles. The summed E-state index contributed by atoms with van der Waals surface area (Å²) >= 11 is 0. The lowest BCUT2D eigenvalue weighted by Gasteiger charge is -2.03. The van der Waals surface area contributed by atoms with Crippen molar-refractivity contribution in [3.05, 3.63) is 36.3 Å². The predicted octanol–water partition coefficient (Wildman–Crippen LogP) is 1.76. The average Bonchev–Trinajstić information content (AvgIpc) is 2.52. The molecular weight excluding hydrogens is 284 g/mol. The number of nitrogens with zero attached hydrogens (tertiary/aromatic N) is 3. The van der Waals surface area contributed by atoms with Gasteiger partial charge in [0, 0.05) is 12.4 Å². The summed E-state index contributed by atoms with van der Waals surface area (Å²) in [4.78, 5) is 3.93. The number of aromatic nitrogens is 3. The van der Waals surface area contributed by atoms with Gasteiger partial charge in [-0.3, -0.25) is 4.98 Å². The third kappa shape index (κ3) is 4.30. The Balaban J connectivity index is 0. The summed E-state index contributed by atoms with van der Waals surface area (Å²) in [6.45, 7) is 0.617. The fraction of sp³-hybridized carbons (Fsp3) is 0.111. The zero-order chi connectivity index (χ0) is 9.97. The zero-order valence-electron chi connectivity index (χ0n) is 8.81. The molecule has 0 bridgehead atoms. The van der Waals surface area contributed by atoms with E-state index in [4.69, 9.17) is 11.5 Å². The predicted molar refractivity (Wildman–Crippen MR) is 76.1 cm³/mol. The Labute approximate surface area is 118 Å². The molecule has 0 radical (unpaired) electrons. The van der Waals surface area contributed by atoms with Gasteiger partial charge in [0.25, 0.3) is 0 Å². The SMILES string of the molecule is Cl.Cl.Cl.Nc1cnn(Cc2ccncc2)c1N. The second-order valence-corrected chi connectivity index (χ2v) is 3.00. The molecule has 96 valence electrons. The van der Waals surface area contributed by atoms with E-state index in [2.05, 4.69) is 10.1 Å². The van der Waals surface area contributed by atoms with E-state index in [1.54, 1.807) is 23.3 Å². The van der Waals surface area contributed by atoms with Crippen molar-refractivity contribution in [2.75, 3.05) is 11.5 Å². The lowest BCUT2D eigenvalue weighted by Crippen LogP contribution is -2.06. The number of halogens is 3. The second-order valence-electron chi connectivity index (χ2n) is 3.00. The number of nitrogen functional groups attached to an aromatic ring is 2. The molecule has 2 rings (SSSR count). The van der Waals surface area contributed by atoms with E-state index in [0.717, 1.165) is 5.56 Å². The van der Waals surface area contributed by atoms with Crippen molar-refractivity contribution in [2.24, 2.45) is 0 Å². The molecule has 4 N–H and O–H groups in total. The van der Waals surface area contributed by atoms with Crippen molar-refractivity contribution in [2.45, 2.75) is 6.54 Å². The normalized spacial score (nSPS) is 8.47. The Morgan fingerprint density at radius 3 is 2.12 bits per heavy atom. The molecule has 2 aromatic rings. The first-order chi connectivity index (χ1) is 6.77. The molecule has 0 unspecified atom stereocenters. The van der Waals surface area contributed by atoms with Crippen LogP contribution in [0.4, 0.5) is 11.5 Å². The summed E-state index contributed by atoms with van der Waals surface area (Å²) < 4.78 is 1.66. The van der Waals surface area contributed by atoms with Gasteiger partial charge in [0.05, 0.1) is 18.4 Å². The first kappa shape index (κ1) is 18.2. The monoisotopic (exact) mass is 297 g/mol. The van der Waals surface area contributed by atoms with Gasteiger partial charge in [0.15, 0.2) is 0 Å². The van der Waals surface area contributed by atoms with Gasteiger partial charge in [-0.25, -0.2) is 4.68 Å². The smallest absolute Gasteiger partial charge is 0.145 e. The van der Waals surface area contributed by atoms with Crippen LogP contribution in [-0.4, -0.2) is 14.8 Å². The van der Waals surface area contributed by atoms with E-state index in [1.807, 2.05) is 12.1 Å². The van der Waals surface area contributed by atoms with Gasteiger partial charge in [0.1, 0.15) is 5.82 Å². The van der Waals surface area contributed by atoms with Gasteiger partial charge < -0.3 is 11.5 Å². The minimum Gasteiger partial charge on any atom is -0.394 e. The van der Waals surface area contributed by atoms with Crippen molar-refractivity contribution < 1.29 is 0 Å². The molecule has 0 atom stereocenters. The molecule has 0 aromatic carbocycles. The minimum atomic E-state index is 0. The quantitative estimate of drug-likeness (QED) is 0.885. The number of anilines is 2. The molecule has 0 aliphatic rings. The fourth-order valence-electron chi connectivity index (χ4n) is 1.20. The minimum absolute atomic E-state index is 0. The van der Waals surface area contributed by atoms with E-state index in [-0.39, 0.29) is 37.2 Å². The van der Waals surface area contributed by atoms with Crippen LogP contribution in [0.2, 0.25) is 0 Å². The molecule has 0 saturated carbocycles. The van der Waals surface area contributed by atoms with Crippen molar-refractivity contribution in [1.82, 2.24) is 14.8 Å². The highest BCUT2D eigenvalue weighted by Gasteiger charge is 2.03. The lowest BCUT2D eigenvalue weighted by atomic mass is 10.3. The summed E-state index contributed by atoms with van der Waals surface area (Å²) in [7, 11) is 0. The highest BCUT2D eigenvalue weighted by atomic mass is 35.5. The maximum atomic E-state index is 5.71. The maximum Gasteiger partial charge on any atom is 0.145 e. The van der Waals surface area contributed by atoms with Crippen LogP contribution in [0.5, 0.6) is 0 Å². The first-order valence-electron chi connectivity index (χ1n) is 4.23. The number of hydrogen-bond acceptors (Lipinski definition) is 4. The van der Waals surface area contributed by atoms with Gasteiger partial charge in [-0.1, -0.05) is 0 Å². The van der Waals surface area contributed by atoms with Crippen LogP contribution in [0.25, 0.3) is 0 Å². The number of nitrogens with two attached hydrogens (primary N) is 2. The van der Waals surface area contributed by atoms with Gasteiger partial charge in [-0.05, 0) is 17.7 Å². The Hall–Kier alpha value is -1.17. The zero-order valence-corrected chi connectivity index (χ0v) is 11.3. The molecule has 2 aromatic heterocycles. The van der Waals surface area contributed by atoms with E-state index in [1.165, 1.54) is 0 Å². The Bertz CT molecular complexity index is 431. The largest absolute Gasteiger partial charge is 0.394 e. The summed E-state index contributed by atoms with van der Waals surface area (Å²) in [6, 6.07) is 3.83. The highest BCUT2D eigenvalue weighted by molar-refractivity contribution is 5.86. The molecule has 0 aliphatic carbocycles. The van der Waals surface area contributed by atoms with Crippen LogP contribution in [0.3, 0.4) is 0 Å². The van der Waals surface area contributed by atoms with Gasteiger partial charge in [-0.15, -0.1) is 37.2 Å². The lowest BCUT2D eigenvalue weighted by molar-refractivity contribution is 0.696. The van der Waals surface area contributed by atoms with Crippen LogP contribution in [-0.2, 0) is 6.54 Å². The third-order valence-corrected chi connectivity index (χ3v) is 1.99. The Morgan fingerprint density at radius 1 is 1.06 bits per heavy atom. The number of rotatable bonds is 2. The maximum absolute atomic E-state index is 5.71. The summed E-state index contributed by atoms with van der Waals surface area (Å²) in [5.41, 5.74) is 12.9. The highest BCUT2D eigenvalue weighted by Crippen LogP contribution is 2.13. The van der Waals surface area contributed by atoms with E-state index in [0.29, 0.717) is 18.1 Å². The van der Waals surface area contributed by atoms with Crippen LogP contribution in [0, 0.1) is 0 Å². The Morgan fingerprint density at radius 2 is 1.65 bits per heavy atom. The fourth-order valence-corrected chi connectivity index (χ4v) is 1.20. The van der Waals surface area contributed by atoms with Crippen molar-refractivity contribution in [3.63, 3.8) is 0 Å². The summed E-state index contributed by atoms with van der Waals surface area (Å²) in [6.07, 6.45) is 5.02. The average molecular weight is 299 g/mol. The molecule has 5 nitrogen and oxygen atoms in total. The van der Waals surface area contributed by atoms with Gasteiger partial charge in [0.2, 0.25) is 0 Å². The molecular formula is C9H14Cl3N5. The van der Waals surface area contributed by atoms with Crippen molar-refractivity contribution in [3.8, 4) is 0 Å². The third-order valence-electron chi connectivity index (χ3n) is 1.99. The second kappa shape index (κ2) is 8.00. The molecule has 0 spiro atoms. The van der Waals surface area contributed by atoms with Crippen LogP contribution < -0.4 is 11.5 Å². The van der Waals surface area contributed by atoms with Crippen molar-refractivity contribution >= 4 is 48.7 Å². The molecule has 2 heterocycles. The molecule has 0 amide bonds. The van der Waals surface area contributed by atoms with Gasteiger partial charge >= 0.3 is 0 Å². The summed E-state index contributed by atoms with van der Waals surface area (Å²) in [5.74, 6) is 0.502. The first-order valence-corrected chi connectivity index (χ1v) is 4.23. The molecule has 17 heavy (non-hydrogen) atoms. The van der Waals surface area contributed by atoms with E-state index >= 15 is 0 Å². The van der Waals surface area contributed by atoms with Crippen LogP contribution in [0.15, 0.2) is 30.7 Å². The summed E-state index contributed by atoms with van der Waals surface area (Å²) in [5, 5.41) is 4.06. The van der Waals surface area contributed by atoms with E-state index in [9.17, 15) is 0 Å². The molecule has 8 heteroatoms. The topological polar surface area (TPSA) is 82.8 Å². The standard InChI is InChI=1S/C9H11N5.3ClH/c10-8-5-13-14(9(8)11)6-7-1-3-12-4-2-7;;;/h1-5H,6,10-11H2;3*1H. The molecule has 0 fully saturated rings. The number of hydrogen-bond donors (Lipinski definition) is 2.